The van der Waals surface area contributed by atoms with Gasteiger partial charge in [0, 0.05) is 5.02 Å². The summed E-state index contributed by atoms with van der Waals surface area (Å²) >= 11 is 12.0. The number of benzene rings is 2. The van der Waals surface area contributed by atoms with Crippen molar-refractivity contribution < 1.29 is 13.2 Å². The molecule has 0 saturated carbocycles. The van der Waals surface area contributed by atoms with E-state index in [0.29, 0.717) is 5.02 Å². The lowest BCUT2D eigenvalue weighted by atomic mass is 9.86. The van der Waals surface area contributed by atoms with Crippen molar-refractivity contribution in [2.45, 2.75) is 39.2 Å². The largest absolute Gasteiger partial charge is 0.348 e. The normalized spacial score (nSPS) is 13.1. The Kier molecular flexibility index (Phi) is 7.25. The van der Waals surface area contributed by atoms with E-state index in [1.165, 1.54) is 23.8 Å². The summed E-state index contributed by atoms with van der Waals surface area (Å²) in [6, 6.07) is 12.2. The molecule has 1 amide bonds. The molecule has 8 heteroatoms. The zero-order valence-electron chi connectivity index (χ0n) is 17.2. The van der Waals surface area contributed by atoms with Gasteiger partial charge in [0.2, 0.25) is 15.9 Å². The molecular weight excluding hydrogens is 431 g/mol. The maximum absolute atomic E-state index is 12.6. The molecule has 1 N–H and O–H groups in total. The molecule has 2 aromatic rings. The van der Waals surface area contributed by atoms with Gasteiger partial charge < -0.3 is 5.32 Å². The molecule has 0 unspecified atom stereocenters. The standard InChI is InChI=1S/C21H26Cl2N2O3S/c1-14(15-6-8-16(9-7-15)21(2,3)4)24-20(26)13-25(29(5,27)28)19-11-10-17(22)12-18(19)23/h6-12,14H,13H2,1-5H3,(H,24,26)/t14-/m0/s1. The maximum Gasteiger partial charge on any atom is 0.241 e. The highest BCUT2D eigenvalue weighted by molar-refractivity contribution is 7.92. The number of halogens is 2. The Morgan fingerprint density at radius 3 is 2.17 bits per heavy atom. The van der Waals surface area contributed by atoms with Crippen LogP contribution in [0.5, 0.6) is 0 Å². The summed E-state index contributed by atoms with van der Waals surface area (Å²) in [5, 5.41) is 3.38. The van der Waals surface area contributed by atoms with Crippen LogP contribution in [-0.4, -0.2) is 27.1 Å². The van der Waals surface area contributed by atoms with Gasteiger partial charge in [0.25, 0.3) is 0 Å². The van der Waals surface area contributed by atoms with Crippen LogP contribution in [-0.2, 0) is 20.2 Å². The number of sulfonamides is 1. The zero-order chi connectivity index (χ0) is 22.0. The van der Waals surface area contributed by atoms with E-state index >= 15 is 0 Å². The minimum Gasteiger partial charge on any atom is -0.348 e. The molecule has 0 spiro atoms. The highest BCUT2D eigenvalue weighted by Crippen LogP contribution is 2.30. The zero-order valence-corrected chi connectivity index (χ0v) is 19.5. The van der Waals surface area contributed by atoms with E-state index in [9.17, 15) is 13.2 Å². The van der Waals surface area contributed by atoms with Gasteiger partial charge in [0.05, 0.1) is 23.0 Å². The van der Waals surface area contributed by atoms with Crippen molar-refractivity contribution in [3.05, 3.63) is 63.6 Å². The second kappa shape index (κ2) is 8.94. The summed E-state index contributed by atoms with van der Waals surface area (Å²) in [5.74, 6) is -0.436. The Labute approximate surface area is 183 Å². The van der Waals surface area contributed by atoms with Gasteiger partial charge >= 0.3 is 0 Å². The van der Waals surface area contributed by atoms with Crippen LogP contribution in [0.3, 0.4) is 0 Å². The van der Waals surface area contributed by atoms with E-state index in [0.717, 1.165) is 16.1 Å². The number of carbonyl (C=O) groups excluding carboxylic acids is 1. The lowest BCUT2D eigenvalue weighted by molar-refractivity contribution is -0.120. The number of nitrogens with one attached hydrogen (secondary N) is 1. The molecule has 0 bridgehead atoms. The molecule has 5 nitrogen and oxygen atoms in total. The first-order valence-electron chi connectivity index (χ1n) is 9.11. The number of hydrogen-bond acceptors (Lipinski definition) is 3. The molecule has 0 aliphatic rings. The predicted molar refractivity (Wildman–Crippen MR) is 120 cm³/mol. The summed E-state index contributed by atoms with van der Waals surface area (Å²) < 4.78 is 25.5. The number of carbonyl (C=O) groups is 1. The van der Waals surface area contributed by atoms with E-state index in [1.807, 2.05) is 31.2 Å². The van der Waals surface area contributed by atoms with E-state index in [4.69, 9.17) is 23.2 Å². The van der Waals surface area contributed by atoms with Crippen molar-refractivity contribution in [1.29, 1.82) is 0 Å². The molecule has 0 radical (unpaired) electrons. The lowest BCUT2D eigenvalue weighted by Crippen LogP contribution is -2.41. The average molecular weight is 457 g/mol. The number of hydrogen-bond donors (Lipinski definition) is 1. The number of nitrogens with zero attached hydrogens (tertiary/aromatic N) is 1. The Balaban J connectivity index is 2.16. The summed E-state index contributed by atoms with van der Waals surface area (Å²) in [7, 11) is -3.73. The molecule has 0 aliphatic carbocycles. The van der Waals surface area contributed by atoms with Gasteiger partial charge in [-0.25, -0.2) is 8.42 Å². The second-order valence-corrected chi connectivity index (χ2v) is 10.8. The van der Waals surface area contributed by atoms with E-state index < -0.39 is 15.9 Å². The average Bonchev–Trinajstić information content (AvgIpc) is 2.58. The molecule has 0 fully saturated rings. The molecule has 158 valence electrons. The first-order chi connectivity index (χ1) is 13.3. The van der Waals surface area contributed by atoms with Crippen LogP contribution in [0.1, 0.15) is 44.9 Å². The topological polar surface area (TPSA) is 66.5 Å². The molecule has 29 heavy (non-hydrogen) atoms. The smallest absolute Gasteiger partial charge is 0.241 e. The van der Waals surface area contributed by atoms with Crippen LogP contribution in [0.25, 0.3) is 0 Å². The lowest BCUT2D eigenvalue weighted by Gasteiger charge is -2.24. The summed E-state index contributed by atoms with van der Waals surface area (Å²) in [6.07, 6.45) is 1.03. The highest BCUT2D eigenvalue weighted by Gasteiger charge is 2.24. The SMILES string of the molecule is C[C@H](NC(=O)CN(c1ccc(Cl)cc1Cl)S(C)(=O)=O)c1ccc(C(C)(C)C)cc1. The van der Waals surface area contributed by atoms with Crippen molar-refractivity contribution in [2.24, 2.45) is 0 Å². The predicted octanol–water partition coefficient (Wildman–Crippen LogP) is 4.93. The number of anilines is 1. The van der Waals surface area contributed by atoms with Crippen molar-refractivity contribution in [3.63, 3.8) is 0 Å². The first kappa shape index (κ1) is 23.5. The summed E-state index contributed by atoms with van der Waals surface area (Å²) in [4.78, 5) is 12.6. The fourth-order valence-corrected chi connectivity index (χ4v) is 4.27. The van der Waals surface area contributed by atoms with Gasteiger partial charge in [0.1, 0.15) is 6.54 Å². The molecule has 2 aromatic carbocycles. The van der Waals surface area contributed by atoms with Crippen LogP contribution in [0, 0.1) is 0 Å². The molecule has 2 rings (SSSR count). The van der Waals surface area contributed by atoms with Gasteiger partial charge in [-0.05, 0) is 41.7 Å². The molecule has 0 aromatic heterocycles. The van der Waals surface area contributed by atoms with Gasteiger partial charge in [-0.3, -0.25) is 9.10 Å². The third-order valence-corrected chi connectivity index (χ3v) is 6.18. The van der Waals surface area contributed by atoms with Crippen molar-refractivity contribution >= 4 is 44.8 Å². The third kappa shape index (κ3) is 6.36. The molecule has 1 atom stereocenters. The van der Waals surface area contributed by atoms with Gasteiger partial charge in [-0.15, -0.1) is 0 Å². The van der Waals surface area contributed by atoms with Gasteiger partial charge in [-0.2, -0.15) is 0 Å². The first-order valence-corrected chi connectivity index (χ1v) is 11.7. The Morgan fingerprint density at radius 2 is 1.69 bits per heavy atom. The minimum atomic E-state index is -3.73. The second-order valence-electron chi connectivity index (χ2n) is 8.03. The van der Waals surface area contributed by atoms with E-state index in [2.05, 4.69) is 26.1 Å². The minimum absolute atomic E-state index is 0.0405. The van der Waals surface area contributed by atoms with E-state index in [1.54, 1.807) is 0 Å². The van der Waals surface area contributed by atoms with Crippen LogP contribution < -0.4 is 9.62 Å². The van der Waals surface area contributed by atoms with Crippen LogP contribution in [0.2, 0.25) is 10.0 Å². The Morgan fingerprint density at radius 1 is 1.10 bits per heavy atom. The molecule has 0 aliphatic heterocycles. The molecular formula is C21H26Cl2N2O3S. The van der Waals surface area contributed by atoms with Crippen molar-refractivity contribution in [3.8, 4) is 0 Å². The van der Waals surface area contributed by atoms with Gasteiger partial charge in [0.15, 0.2) is 0 Å². The monoisotopic (exact) mass is 456 g/mol. The van der Waals surface area contributed by atoms with Crippen LogP contribution >= 0.6 is 23.2 Å². The Bertz CT molecular complexity index is 984. The van der Waals surface area contributed by atoms with Crippen LogP contribution in [0.4, 0.5) is 5.69 Å². The fraction of sp³-hybridized carbons (Fsp3) is 0.381. The summed E-state index contributed by atoms with van der Waals surface area (Å²) in [6.45, 7) is 7.87. The van der Waals surface area contributed by atoms with Crippen LogP contribution in [0.15, 0.2) is 42.5 Å². The fourth-order valence-electron chi connectivity index (χ4n) is 2.84. The molecule has 0 heterocycles. The third-order valence-electron chi connectivity index (χ3n) is 4.52. The van der Waals surface area contributed by atoms with E-state index in [-0.39, 0.29) is 28.7 Å². The Hall–Kier alpha value is -1.76. The van der Waals surface area contributed by atoms with Crippen molar-refractivity contribution in [2.75, 3.05) is 17.1 Å². The summed E-state index contributed by atoms with van der Waals surface area (Å²) in [5.41, 5.74) is 2.37. The molecule has 0 saturated heterocycles. The highest BCUT2D eigenvalue weighted by atomic mass is 35.5. The number of amides is 1. The number of rotatable bonds is 6. The van der Waals surface area contributed by atoms with Crippen molar-refractivity contribution in [1.82, 2.24) is 5.32 Å². The van der Waals surface area contributed by atoms with Gasteiger partial charge in [-0.1, -0.05) is 68.2 Å². The maximum atomic E-state index is 12.6. The quantitative estimate of drug-likeness (QED) is 0.669.